The molecule has 14 nitrogen and oxygen atoms in total. The van der Waals surface area contributed by atoms with Crippen molar-refractivity contribution in [3.8, 4) is 5.75 Å². The molecule has 0 radical (unpaired) electrons. The second-order valence-electron chi connectivity index (χ2n) is 20.5. The van der Waals surface area contributed by atoms with Crippen molar-refractivity contribution in [1.82, 2.24) is 20.1 Å². The molecule has 1 amide bonds. The van der Waals surface area contributed by atoms with Crippen LogP contribution in [0.5, 0.6) is 5.75 Å². The summed E-state index contributed by atoms with van der Waals surface area (Å²) in [4.78, 5) is 54.6. The number of carbonyl (C=O) groups is 3. The summed E-state index contributed by atoms with van der Waals surface area (Å²) in [5.41, 5.74) is -2.09. The van der Waals surface area contributed by atoms with E-state index in [0.29, 0.717) is 88.2 Å². The van der Waals surface area contributed by atoms with Crippen LogP contribution >= 0.6 is 0 Å². The number of hydrogen-bond donors (Lipinski definition) is 5. The Morgan fingerprint density at radius 3 is 2.46 bits per heavy atom. The number of benzene rings is 2. The third kappa shape index (κ3) is 6.47. The van der Waals surface area contributed by atoms with Crippen LogP contribution in [-0.4, -0.2) is 144 Å². The highest BCUT2D eigenvalue weighted by Gasteiger charge is 2.79. The Kier molecular flexibility index (Phi) is 11.5. The summed E-state index contributed by atoms with van der Waals surface area (Å²) in [7, 11) is 4.88. The van der Waals surface area contributed by atoms with Crippen molar-refractivity contribution in [2.75, 3.05) is 65.5 Å². The minimum absolute atomic E-state index is 0.00671. The molecule has 2 bridgehead atoms. The van der Waals surface area contributed by atoms with E-state index in [0.717, 1.165) is 27.7 Å². The van der Waals surface area contributed by atoms with Gasteiger partial charge in [-0.05, 0) is 93.5 Å². The molecule has 1 saturated carbocycles. The Hall–Kier alpha value is -4.47. The number of esters is 2. The summed E-state index contributed by atoms with van der Waals surface area (Å²) in [6, 6.07) is 9.74. The molecule has 1 aliphatic carbocycles. The quantitative estimate of drug-likeness (QED) is 0.136. The van der Waals surface area contributed by atoms with Gasteiger partial charge in [0.2, 0.25) is 0 Å². The minimum Gasteiger partial charge on any atom is -0.496 e. The maximum absolute atomic E-state index is 15.4. The lowest BCUT2D eigenvalue weighted by molar-refractivity contribution is -0.204. The monoisotopic (exact) mass is 896 g/mol. The number of nitrogens with zero attached hydrogens (tertiary/aromatic N) is 3. The fraction of sp³-hybridized carbons (Fsp3) is 0.627. The standard InChI is InChI=1S/C51H69N5O9/c1-9-47(61)26-31-27-50(46(60)64-8,40-33(17-21-55(28-31)29-47)32-15-12-13-16-36(32)52-40)35-24-34-38(25-39(35)63-7)54(6)43-49(34)19-22-56-20-14-18-48(10-2,42(49)56)44(58)51(43,62)45(59)53-37(23-30(4)5)41(57)65-11-3/h12-16,18,24-25,30-31,37,42-44,52,58,61-62H,9-11,17,19-23,26-29H2,1-8H3,(H,53,59). The minimum atomic E-state index is -2.44. The molecule has 2 aromatic carbocycles. The number of ether oxygens (including phenoxy) is 3. The Labute approximate surface area is 382 Å². The van der Waals surface area contributed by atoms with Crippen LogP contribution in [0.15, 0.2) is 48.6 Å². The van der Waals surface area contributed by atoms with Crippen molar-refractivity contribution in [2.45, 2.75) is 126 Å². The zero-order valence-corrected chi connectivity index (χ0v) is 39.4. The number of para-hydroxylation sites is 1. The summed E-state index contributed by atoms with van der Waals surface area (Å²) < 4.78 is 17.8. The van der Waals surface area contributed by atoms with Crippen LogP contribution in [0.4, 0.5) is 5.69 Å². The van der Waals surface area contributed by atoms with Crippen molar-refractivity contribution in [3.63, 3.8) is 0 Å². The normalized spacial score (nSPS) is 35.3. The molecule has 6 aliphatic rings. The average molecular weight is 896 g/mol. The fourth-order valence-electron chi connectivity index (χ4n) is 14.2. The van der Waals surface area contributed by atoms with E-state index in [4.69, 9.17) is 14.2 Å². The third-order valence-electron chi connectivity index (χ3n) is 16.8. The molecular weight excluding hydrogens is 827 g/mol. The number of carbonyl (C=O) groups excluding carboxylic acids is 3. The number of piperidine rings is 1. The van der Waals surface area contributed by atoms with Gasteiger partial charge in [0.1, 0.15) is 23.3 Å². The molecule has 6 heterocycles. The number of fused-ring (bicyclic) bond motifs is 6. The van der Waals surface area contributed by atoms with E-state index >= 15 is 9.59 Å². The number of aliphatic hydroxyl groups excluding tert-OH is 1. The number of amides is 1. The third-order valence-corrected chi connectivity index (χ3v) is 16.8. The topological polar surface area (TPSA) is 177 Å². The fourth-order valence-corrected chi connectivity index (χ4v) is 14.2. The first-order chi connectivity index (χ1) is 31.0. The Balaban J connectivity index is 1.31. The van der Waals surface area contributed by atoms with E-state index in [9.17, 15) is 20.1 Å². The molecule has 2 saturated heterocycles. The number of rotatable bonds is 11. The van der Waals surface area contributed by atoms with Crippen LogP contribution < -0.4 is 15.0 Å². The second-order valence-corrected chi connectivity index (χ2v) is 20.5. The molecule has 14 heteroatoms. The van der Waals surface area contributed by atoms with Crippen LogP contribution in [0.3, 0.4) is 0 Å². The predicted molar refractivity (Wildman–Crippen MR) is 247 cm³/mol. The molecule has 352 valence electrons. The van der Waals surface area contributed by atoms with Crippen LogP contribution in [0.1, 0.15) is 95.5 Å². The number of aliphatic hydroxyl groups is 3. The lowest BCUT2D eigenvalue weighted by Gasteiger charge is -2.63. The molecule has 11 atom stereocenters. The number of anilines is 1. The van der Waals surface area contributed by atoms with Gasteiger partial charge in [-0.2, -0.15) is 0 Å². The molecule has 5 N–H and O–H groups in total. The van der Waals surface area contributed by atoms with Crippen LogP contribution in [0, 0.1) is 17.3 Å². The van der Waals surface area contributed by atoms with Gasteiger partial charge < -0.3 is 44.7 Å². The number of methoxy groups -OCH3 is 2. The SMILES string of the molecule is CCOC(=O)C(CC(C)C)NC(=O)C1(O)C(O)C2(CC)C=CCN3CCC4(c5cc(C6(C(=O)OC)CC7CN(CCc8c6[nH]c6ccccc86)CC(O)(CC)C7)c(OC)cc5N(C)C14)C32. The van der Waals surface area contributed by atoms with Gasteiger partial charge in [-0.1, -0.05) is 58.0 Å². The van der Waals surface area contributed by atoms with Gasteiger partial charge >= 0.3 is 11.9 Å². The molecular formula is C51H69N5O9. The van der Waals surface area contributed by atoms with Crippen molar-refractivity contribution in [1.29, 1.82) is 0 Å². The second kappa shape index (κ2) is 16.4. The smallest absolute Gasteiger partial charge is 0.328 e. The van der Waals surface area contributed by atoms with Crippen molar-refractivity contribution in [3.05, 3.63) is 70.9 Å². The maximum atomic E-state index is 15.4. The number of aromatic amines is 1. The highest BCUT2D eigenvalue weighted by atomic mass is 16.5. The van der Waals surface area contributed by atoms with Crippen molar-refractivity contribution >= 4 is 34.4 Å². The van der Waals surface area contributed by atoms with Gasteiger partial charge in [-0.15, -0.1) is 0 Å². The number of likely N-dealkylation sites (N-methyl/N-ethyl adjacent to an activating group) is 1. The van der Waals surface area contributed by atoms with Gasteiger partial charge in [0.05, 0.1) is 32.5 Å². The van der Waals surface area contributed by atoms with Crippen molar-refractivity contribution in [2.24, 2.45) is 17.3 Å². The Morgan fingerprint density at radius 2 is 1.77 bits per heavy atom. The number of hydrogen-bond acceptors (Lipinski definition) is 12. The van der Waals surface area contributed by atoms with Gasteiger partial charge in [0.25, 0.3) is 5.91 Å². The van der Waals surface area contributed by atoms with Gasteiger partial charge in [0, 0.05) is 84.0 Å². The molecule has 5 aliphatic heterocycles. The van der Waals surface area contributed by atoms with Gasteiger partial charge in [-0.3, -0.25) is 19.4 Å². The summed E-state index contributed by atoms with van der Waals surface area (Å²) in [6.45, 7) is 12.9. The average Bonchev–Trinajstić information content (AvgIpc) is 3.95. The Bertz CT molecular complexity index is 2400. The number of nitrogens with one attached hydrogen (secondary N) is 2. The van der Waals surface area contributed by atoms with Gasteiger partial charge in [-0.25, -0.2) is 4.79 Å². The predicted octanol–water partition coefficient (Wildman–Crippen LogP) is 4.34. The van der Waals surface area contributed by atoms with Crippen LogP contribution in [-0.2, 0) is 41.1 Å². The first kappa shape index (κ1) is 45.7. The highest BCUT2D eigenvalue weighted by Crippen LogP contribution is 2.67. The molecule has 1 spiro atoms. The molecule has 3 fully saturated rings. The Morgan fingerprint density at radius 1 is 1.00 bits per heavy atom. The summed E-state index contributed by atoms with van der Waals surface area (Å²) in [5.74, 6) is -1.56. The van der Waals surface area contributed by atoms with Crippen LogP contribution in [0.2, 0.25) is 0 Å². The molecule has 9 rings (SSSR count). The molecule has 3 aromatic rings. The lowest BCUT2D eigenvalue weighted by atomic mass is 9.47. The van der Waals surface area contributed by atoms with E-state index in [1.54, 1.807) is 14.0 Å². The van der Waals surface area contributed by atoms with E-state index in [-0.39, 0.29) is 30.9 Å². The molecule has 1 aromatic heterocycles. The molecule has 65 heavy (non-hydrogen) atoms. The molecule has 11 unspecified atom stereocenters. The summed E-state index contributed by atoms with van der Waals surface area (Å²) >= 11 is 0. The van der Waals surface area contributed by atoms with Crippen molar-refractivity contribution < 1.29 is 43.9 Å². The summed E-state index contributed by atoms with van der Waals surface area (Å²) in [5, 5.41) is 42.5. The van der Waals surface area contributed by atoms with Gasteiger partial charge in [0.15, 0.2) is 5.60 Å². The number of aromatic nitrogens is 1. The van der Waals surface area contributed by atoms with E-state index in [1.165, 1.54) is 7.11 Å². The number of H-pyrrole nitrogens is 1. The van der Waals surface area contributed by atoms with E-state index < -0.39 is 63.5 Å². The zero-order chi connectivity index (χ0) is 46.4. The largest absolute Gasteiger partial charge is 0.496 e. The first-order valence-corrected chi connectivity index (χ1v) is 23.9. The van der Waals surface area contributed by atoms with E-state index in [1.807, 2.05) is 76.1 Å². The summed E-state index contributed by atoms with van der Waals surface area (Å²) in [6.07, 6.45) is 5.70. The van der Waals surface area contributed by atoms with Crippen LogP contribution in [0.25, 0.3) is 10.9 Å². The zero-order valence-electron chi connectivity index (χ0n) is 39.4. The maximum Gasteiger partial charge on any atom is 0.328 e. The van der Waals surface area contributed by atoms with E-state index in [2.05, 4.69) is 32.2 Å². The highest BCUT2D eigenvalue weighted by molar-refractivity contribution is 5.96. The first-order valence-electron chi connectivity index (χ1n) is 23.9. The lowest BCUT2D eigenvalue weighted by Crippen LogP contribution is -2.82.